The van der Waals surface area contributed by atoms with Crippen LogP contribution >= 0.6 is 0 Å². The average molecular weight is 330 g/mol. The molecule has 3 heterocycles. The van der Waals surface area contributed by atoms with E-state index in [1.165, 1.54) is 6.33 Å². The Morgan fingerprint density at radius 2 is 2.17 bits per heavy atom. The molecule has 3 rings (SSSR count). The van der Waals surface area contributed by atoms with Crippen molar-refractivity contribution in [2.75, 3.05) is 23.8 Å². The second kappa shape index (κ2) is 7.64. The van der Waals surface area contributed by atoms with Crippen LogP contribution in [-0.4, -0.2) is 39.1 Å². The highest BCUT2D eigenvalue weighted by molar-refractivity contribution is 5.69. The monoisotopic (exact) mass is 330 g/mol. The number of nitrogens with zero attached hydrogens (tertiary/aromatic N) is 4. The smallest absolute Gasteiger partial charge is 0.353 e. The minimum absolute atomic E-state index is 0.0615. The van der Waals surface area contributed by atoms with Crippen molar-refractivity contribution in [2.45, 2.75) is 25.5 Å². The van der Waals surface area contributed by atoms with Gasteiger partial charge in [-0.15, -0.1) is 0 Å². The summed E-state index contributed by atoms with van der Waals surface area (Å²) in [5.41, 5.74) is 0.735. The molecule has 1 aliphatic heterocycles. The Labute approximate surface area is 138 Å². The van der Waals surface area contributed by atoms with Crippen molar-refractivity contribution in [3.63, 3.8) is 0 Å². The molecule has 2 aromatic heterocycles. The van der Waals surface area contributed by atoms with Crippen molar-refractivity contribution in [2.24, 2.45) is 0 Å². The third-order valence-corrected chi connectivity index (χ3v) is 3.71. The van der Waals surface area contributed by atoms with Crippen LogP contribution in [-0.2, 0) is 11.3 Å². The van der Waals surface area contributed by atoms with Gasteiger partial charge >= 0.3 is 5.69 Å². The number of rotatable bonds is 7. The number of nitro groups is 1. The number of pyridine rings is 1. The van der Waals surface area contributed by atoms with E-state index in [9.17, 15) is 10.1 Å². The molecule has 1 atom stereocenters. The van der Waals surface area contributed by atoms with Gasteiger partial charge in [-0.1, -0.05) is 6.07 Å². The summed E-state index contributed by atoms with van der Waals surface area (Å²) in [6, 6.07) is 3.68. The molecule has 1 fully saturated rings. The van der Waals surface area contributed by atoms with Gasteiger partial charge in [0.05, 0.1) is 11.0 Å². The predicted molar refractivity (Wildman–Crippen MR) is 87.7 cm³/mol. The Morgan fingerprint density at radius 3 is 2.83 bits per heavy atom. The average Bonchev–Trinajstić information content (AvgIpc) is 3.12. The Kier molecular flexibility index (Phi) is 5.12. The summed E-state index contributed by atoms with van der Waals surface area (Å²) >= 11 is 0. The van der Waals surface area contributed by atoms with Gasteiger partial charge in [-0.05, 0) is 24.5 Å². The summed E-state index contributed by atoms with van der Waals surface area (Å²) < 4.78 is 5.51. The zero-order chi connectivity index (χ0) is 16.8. The van der Waals surface area contributed by atoms with E-state index in [1.54, 1.807) is 18.5 Å². The molecule has 1 saturated heterocycles. The molecule has 9 nitrogen and oxygen atoms in total. The van der Waals surface area contributed by atoms with Crippen LogP contribution in [0.5, 0.6) is 0 Å². The zero-order valence-corrected chi connectivity index (χ0v) is 13.0. The number of hydrogen-bond donors (Lipinski definition) is 2. The highest BCUT2D eigenvalue weighted by atomic mass is 16.6. The van der Waals surface area contributed by atoms with Crippen LogP contribution in [0.4, 0.5) is 17.3 Å². The predicted octanol–water partition coefficient (Wildman–Crippen LogP) is 1.98. The van der Waals surface area contributed by atoms with E-state index < -0.39 is 4.92 Å². The fourth-order valence-electron chi connectivity index (χ4n) is 2.51. The van der Waals surface area contributed by atoms with E-state index in [0.717, 1.165) is 25.0 Å². The molecule has 1 unspecified atom stereocenters. The lowest BCUT2D eigenvalue weighted by Crippen LogP contribution is -2.20. The Morgan fingerprint density at radius 1 is 1.33 bits per heavy atom. The molecule has 0 aliphatic carbocycles. The number of nitrogens with one attached hydrogen (secondary N) is 2. The fourth-order valence-corrected chi connectivity index (χ4v) is 2.51. The summed E-state index contributed by atoms with van der Waals surface area (Å²) in [5.74, 6) is 0.368. The number of ether oxygens (including phenoxy) is 1. The molecule has 126 valence electrons. The van der Waals surface area contributed by atoms with Crippen molar-refractivity contribution in [3.05, 3.63) is 46.5 Å². The number of aromatic nitrogens is 3. The third-order valence-electron chi connectivity index (χ3n) is 3.71. The van der Waals surface area contributed by atoms with Gasteiger partial charge in [0.2, 0.25) is 11.6 Å². The highest BCUT2D eigenvalue weighted by Gasteiger charge is 2.24. The van der Waals surface area contributed by atoms with E-state index in [4.69, 9.17) is 4.74 Å². The van der Waals surface area contributed by atoms with Crippen molar-refractivity contribution < 1.29 is 9.66 Å². The van der Waals surface area contributed by atoms with E-state index in [-0.39, 0.29) is 23.4 Å². The van der Waals surface area contributed by atoms with Crippen LogP contribution in [0.1, 0.15) is 18.4 Å². The number of anilines is 2. The first-order chi connectivity index (χ1) is 11.7. The first-order valence-electron chi connectivity index (χ1n) is 7.71. The minimum atomic E-state index is -0.483. The van der Waals surface area contributed by atoms with Gasteiger partial charge in [0.25, 0.3) is 0 Å². The molecule has 0 radical (unpaired) electrons. The summed E-state index contributed by atoms with van der Waals surface area (Å²) in [5, 5.41) is 17.4. The minimum Gasteiger partial charge on any atom is -0.376 e. The quantitative estimate of drug-likeness (QED) is 0.585. The third kappa shape index (κ3) is 3.93. The van der Waals surface area contributed by atoms with Crippen LogP contribution in [0.2, 0.25) is 0 Å². The van der Waals surface area contributed by atoms with Gasteiger partial charge in [0.1, 0.15) is 6.33 Å². The summed E-state index contributed by atoms with van der Waals surface area (Å²) in [4.78, 5) is 23.0. The molecule has 0 saturated carbocycles. The SMILES string of the molecule is O=[N+]([O-])c1c(NCc2cccnc2)ncnc1NCC1CCCO1. The van der Waals surface area contributed by atoms with Gasteiger partial charge in [0, 0.05) is 32.1 Å². The van der Waals surface area contributed by atoms with E-state index in [1.807, 2.05) is 6.07 Å². The molecule has 24 heavy (non-hydrogen) atoms. The largest absolute Gasteiger partial charge is 0.376 e. The van der Waals surface area contributed by atoms with Crippen molar-refractivity contribution >= 4 is 17.3 Å². The maximum Gasteiger partial charge on any atom is 0.353 e. The summed E-state index contributed by atoms with van der Waals surface area (Å²) in [6.45, 7) is 1.60. The van der Waals surface area contributed by atoms with Crippen LogP contribution < -0.4 is 10.6 Å². The van der Waals surface area contributed by atoms with Gasteiger partial charge in [0.15, 0.2) is 0 Å². The van der Waals surface area contributed by atoms with Crippen LogP contribution in [0.3, 0.4) is 0 Å². The first-order valence-corrected chi connectivity index (χ1v) is 7.71. The topological polar surface area (TPSA) is 115 Å². The second-order valence-corrected chi connectivity index (χ2v) is 5.41. The van der Waals surface area contributed by atoms with Crippen LogP contribution in [0.25, 0.3) is 0 Å². The lowest BCUT2D eigenvalue weighted by Gasteiger charge is -2.12. The highest BCUT2D eigenvalue weighted by Crippen LogP contribution is 2.29. The van der Waals surface area contributed by atoms with Crippen molar-refractivity contribution in [1.29, 1.82) is 0 Å². The van der Waals surface area contributed by atoms with Crippen LogP contribution in [0.15, 0.2) is 30.9 Å². The van der Waals surface area contributed by atoms with Crippen molar-refractivity contribution in [3.8, 4) is 0 Å². The lowest BCUT2D eigenvalue weighted by molar-refractivity contribution is -0.383. The standard InChI is InChI=1S/C15H18N6O3/c22-21(23)13-14(17-8-11-3-1-5-16-7-11)19-10-20-15(13)18-9-12-4-2-6-24-12/h1,3,5,7,10,12H,2,4,6,8-9H2,(H2,17,18,19,20). The maximum atomic E-state index is 11.5. The Balaban J connectivity index is 1.73. The fraction of sp³-hybridized carbons (Fsp3) is 0.400. The number of hydrogen-bond acceptors (Lipinski definition) is 8. The first kappa shape index (κ1) is 16.1. The molecule has 9 heteroatoms. The van der Waals surface area contributed by atoms with Gasteiger partial charge < -0.3 is 15.4 Å². The van der Waals surface area contributed by atoms with Gasteiger partial charge in [-0.3, -0.25) is 15.1 Å². The molecule has 0 aromatic carbocycles. The molecule has 0 amide bonds. The van der Waals surface area contributed by atoms with E-state index in [0.29, 0.717) is 13.1 Å². The Hall–Kier alpha value is -2.81. The molecule has 0 spiro atoms. The zero-order valence-electron chi connectivity index (χ0n) is 13.0. The molecular weight excluding hydrogens is 312 g/mol. The molecule has 0 bridgehead atoms. The van der Waals surface area contributed by atoms with Crippen LogP contribution in [0, 0.1) is 10.1 Å². The molecule has 2 N–H and O–H groups in total. The summed E-state index contributed by atoms with van der Waals surface area (Å²) in [6.07, 6.45) is 6.68. The van der Waals surface area contributed by atoms with E-state index >= 15 is 0 Å². The molecular formula is C15H18N6O3. The normalized spacial score (nSPS) is 16.8. The van der Waals surface area contributed by atoms with E-state index in [2.05, 4.69) is 25.6 Å². The lowest BCUT2D eigenvalue weighted by atomic mass is 10.2. The van der Waals surface area contributed by atoms with Gasteiger partial charge in [-0.2, -0.15) is 0 Å². The van der Waals surface area contributed by atoms with Gasteiger partial charge in [-0.25, -0.2) is 9.97 Å². The Bertz CT molecular complexity index is 691. The molecule has 1 aliphatic rings. The molecule has 2 aromatic rings. The maximum absolute atomic E-state index is 11.5. The van der Waals surface area contributed by atoms with Crippen molar-refractivity contribution in [1.82, 2.24) is 15.0 Å². The second-order valence-electron chi connectivity index (χ2n) is 5.41. The summed E-state index contributed by atoms with van der Waals surface area (Å²) in [7, 11) is 0.